The molecule has 1 amide bonds. The zero-order valence-electron chi connectivity index (χ0n) is 9.66. The van der Waals surface area contributed by atoms with Gasteiger partial charge in [0.25, 0.3) is 5.91 Å². The Morgan fingerprint density at radius 2 is 1.17 bits per heavy atom. The van der Waals surface area contributed by atoms with Gasteiger partial charge in [0.2, 0.25) is 5.82 Å². The van der Waals surface area contributed by atoms with Crippen LogP contribution in [0.5, 0.6) is 0 Å². The minimum Gasteiger partial charge on any atom is -0.339 e. The monoisotopic (exact) mass is 267 g/mol. The van der Waals surface area contributed by atoms with Crippen LogP contribution in [-0.2, 0) is 0 Å². The fourth-order valence-corrected chi connectivity index (χ4v) is 1.46. The maximum atomic E-state index is 13.3. The van der Waals surface area contributed by atoms with Crippen molar-refractivity contribution in [3.8, 4) is 0 Å². The van der Waals surface area contributed by atoms with Crippen LogP contribution < -0.4 is 0 Å². The second kappa shape index (κ2) is 5.32. The summed E-state index contributed by atoms with van der Waals surface area (Å²) >= 11 is 0. The molecule has 0 fully saturated rings. The fourth-order valence-electron chi connectivity index (χ4n) is 1.46. The van der Waals surface area contributed by atoms with Gasteiger partial charge in [-0.05, 0) is 13.8 Å². The Morgan fingerprint density at radius 3 is 1.50 bits per heavy atom. The number of nitrogens with zero attached hydrogens (tertiary/aromatic N) is 1. The number of hydrogen-bond acceptors (Lipinski definition) is 1. The van der Waals surface area contributed by atoms with E-state index in [-0.39, 0.29) is 13.1 Å². The van der Waals surface area contributed by atoms with E-state index >= 15 is 0 Å². The van der Waals surface area contributed by atoms with Crippen molar-refractivity contribution in [1.82, 2.24) is 4.90 Å². The molecule has 0 spiro atoms. The Hall–Kier alpha value is -1.66. The van der Waals surface area contributed by atoms with Gasteiger partial charge < -0.3 is 4.90 Å². The predicted octanol–water partition coefficient (Wildman–Crippen LogP) is 2.86. The summed E-state index contributed by atoms with van der Waals surface area (Å²) < 4.78 is 65.2. The van der Waals surface area contributed by atoms with Crippen molar-refractivity contribution >= 4 is 5.91 Å². The van der Waals surface area contributed by atoms with Crippen LogP contribution in [0.15, 0.2) is 0 Å². The van der Waals surface area contributed by atoms with Gasteiger partial charge in [-0.25, -0.2) is 22.0 Å². The number of halogens is 5. The molecule has 1 rings (SSSR count). The second-order valence-corrected chi connectivity index (χ2v) is 3.42. The van der Waals surface area contributed by atoms with E-state index in [9.17, 15) is 26.7 Å². The van der Waals surface area contributed by atoms with Gasteiger partial charge >= 0.3 is 0 Å². The van der Waals surface area contributed by atoms with Crippen LogP contribution in [-0.4, -0.2) is 23.9 Å². The molecule has 0 aromatic heterocycles. The highest BCUT2D eigenvalue weighted by molar-refractivity contribution is 5.94. The Morgan fingerprint density at radius 1 is 0.833 bits per heavy atom. The van der Waals surface area contributed by atoms with Crippen molar-refractivity contribution in [2.24, 2.45) is 0 Å². The summed E-state index contributed by atoms with van der Waals surface area (Å²) in [7, 11) is 0. The van der Waals surface area contributed by atoms with Gasteiger partial charge in [-0.15, -0.1) is 0 Å². The second-order valence-electron chi connectivity index (χ2n) is 3.42. The van der Waals surface area contributed by atoms with Gasteiger partial charge in [-0.2, -0.15) is 0 Å². The molecule has 1 aromatic rings. The smallest absolute Gasteiger partial charge is 0.260 e. The molecule has 0 unspecified atom stereocenters. The first-order chi connectivity index (χ1) is 8.36. The van der Waals surface area contributed by atoms with E-state index in [0.717, 1.165) is 4.90 Å². The molecule has 0 aliphatic heterocycles. The van der Waals surface area contributed by atoms with Crippen molar-refractivity contribution in [2.75, 3.05) is 13.1 Å². The molecule has 0 heterocycles. The molecule has 0 aliphatic carbocycles. The lowest BCUT2D eigenvalue weighted by atomic mass is 10.1. The minimum absolute atomic E-state index is 0.0921. The fraction of sp³-hybridized carbons (Fsp3) is 0.364. The lowest BCUT2D eigenvalue weighted by Gasteiger charge is -2.19. The van der Waals surface area contributed by atoms with Crippen LogP contribution in [0.25, 0.3) is 0 Å². The Bertz CT molecular complexity index is 456. The average Bonchev–Trinajstić information content (AvgIpc) is 2.36. The van der Waals surface area contributed by atoms with Gasteiger partial charge in [0, 0.05) is 13.1 Å². The van der Waals surface area contributed by atoms with Crippen LogP contribution in [0.1, 0.15) is 24.2 Å². The lowest BCUT2D eigenvalue weighted by molar-refractivity contribution is 0.0759. The highest BCUT2D eigenvalue weighted by atomic mass is 19.2. The molecule has 0 aliphatic rings. The molecule has 2 nitrogen and oxygen atoms in total. The Labute approximate surface area is 100 Å². The van der Waals surface area contributed by atoms with Gasteiger partial charge in [0.05, 0.1) is 0 Å². The number of carbonyl (C=O) groups is 1. The highest BCUT2D eigenvalue weighted by Gasteiger charge is 2.31. The van der Waals surface area contributed by atoms with Gasteiger partial charge in [-0.3, -0.25) is 4.79 Å². The third-order valence-electron chi connectivity index (χ3n) is 2.47. The Kier molecular flexibility index (Phi) is 4.26. The van der Waals surface area contributed by atoms with Gasteiger partial charge in [0.15, 0.2) is 23.3 Å². The van der Waals surface area contributed by atoms with E-state index in [0.29, 0.717) is 0 Å². The predicted molar refractivity (Wildman–Crippen MR) is 53.5 cm³/mol. The number of amides is 1. The van der Waals surface area contributed by atoms with E-state index in [1.807, 2.05) is 0 Å². The molecule has 100 valence electrons. The summed E-state index contributed by atoms with van der Waals surface area (Å²) in [5, 5.41) is 0. The third-order valence-corrected chi connectivity index (χ3v) is 2.47. The topological polar surface area (TPSA) is 20.3 Å². The van der Waals surface area contributed by atoms with Crippen molar-refractivity contribution < 1.29 is 26.7 Å². The zero-order chi connectivity index (χ0) is 14.0. The summed E-state index contributed by atoms with van der Waals surface area (Å²) in [5.74, 6) is -12.0. The Balaban J connectivity index is 3.46. The molecule has 0 saturated heterocycles. The van der Waals surface area contributed by atoms with Crippen molar-refractivity contribution in [3.63, 3.8) is 0 Å². The lowest BCUT2D eigenvalue weighted by Crippen LogP contribution is -2.32. The molecular weight excluding hydrogens is 257 g/mol. The first kappa shape index (κ1) is 14.4. The van der Waals surface area contributed by atoms with Crippen LogP contribution in [0.2, 0.25) is 0 Å². The van der Waals surface area contributed by atoms with E-state index in [4.69, 9.17) is 0 Å². The largest absolute Gasteiger partial charge is 0.339 e. The molecule has 0 N–H and O–H groups in total. The summed E-state index contributed by atoms with van der Waals surface area (Å²) in [5.41, 5.74) is -1.42. The molecular formula is C11H10F5NO. The van der Waals surface area contributed by atoms with Crippen LogP contribution in [0.3, 0.4) is 0 Å². The van der Waals surface area contributed by atoms with Crippen LogP contribution >= 0.6 is 0 Å². The molecule has 0 bridgehead atoms. The van der Waals surface area contributed by atoms with Crippen LogP contribution in [0, 0.1) is 29.1 Å². The summed E-state index contributed by atoms with van der Waals surface area (Å²) in [6.45, 7) is 3.23. The van der Waals surface area contributed by atoms with Crippen molar-refractivity contribution in [3.05, 3.63) is 34.6 Å². The molecule has 7 heteroatoms. The quantitative estimate of drug-likeness (QED) is 0.468. The van der Waals surface area contributed by atoms with Crippen molar-refractivity contribution in [2.45, 2.75) is 13.8 Å². The number of benzene rings is 1. The molecule has 1 aromatic carbocycles. The third kappa shape index (κ3) is 2.16. The molecule has 0 atom stereocenters. The first-order valence-corrected chi connectivity index (χ1v) is 5.17. The summed E-state index contributed by atoms with van der Waals surface area (Å²) in [6.07, 6.45) is 0. The SMILES string of the molecule is CCN(CC)C(=O)c1c(F)c(F)c(F)c(F)c1F. The maximum absolute atomic E-state index is 13.3. The highest BCUT2D eigenvalue weighted by Crippen LogP contribution is 2.24. The van der Waals surface area contributed by atoms with E-state index < -0.39 is 40.6 Å². The molecule has 0 saturated carbocycles. The van der Waals surface area contributed by atoms with Gasteiger partial charge in [0.1, 0.15) is 5.56 Å². The average molecular weight is 267 g/mol. The normalized spacial score (nSPS) is 10.6. The minimum atomic E-state index is -2.28. The van der Waals surface area contributed by atoms with Crippen molar-refractivity contribution in [1.29, 1.82) is 0 Å². The number of hydrogen-bond donors (Lipinski definition) is 0. The standard InChI is InChI=1S/C11H10F5NO/c1-3-17(4-2)11(18)5-6(12)8(14)10(16)9(15)7(5)13/h3-4H2,1-2H3. The zero-order valence-corrected chi connectivity index (χ0v) is 9.66. The van der Waals surface area contributed by atoms with Crippen LogP contribution in [0.4, 0.5) is 22.0 Å². The summed E-state index contributed by atoms with van der Waals surface area (Å²) in [4.78, 5) is 12.6. The summed E-state index contributed by atoms with van der Waals surface area (Å²) in [6, 6.07) is 0. The number of carbonyl (C=O) groups excluding carboxylic acids is 1. The maximum Gasteiger partial charge on any atom is 0.260 e. The first-order valence-electron chi connectivity index (χ1n) is 5.17. The van der Waals surface area contributed by atoms with E-state index in [1.165, 1.54) is 13.8 Å². The number of rotatable bonds is 3. The van der Waals surface area contributed by atoms with Gasteiger partial charge in [-0.1, -0.05) is 0 Å². The molecule has 0 radical (unpaired) electrons. The van der Waals surface area contributed by atoms with E-state index in [1.54, 1.807) is 0 Å². The molecule has 18 heavy (non-hydrogen) atoms. The van der Waals surface area contributed by atoms with E-state index in [2.05, 4.69) is 0 Å².